The van der Waals surface area contributed by atoms with Crippen molar-refractivity contribution >= 4 is 41.0 Å². The second-order valence-electron chi connectivity index (χ2n) is 4.68. The van der Waals surface area contributed by atoms with Gasteiger partial charge in [0.25, 0.3) is 0 Å². The molecule has 2 fully saturated rings. The van der Waals surface area contributed by atoms with Crippen molar-refractivity contribution in [1.29, 1.82) is 0 Å². The molecule has 5 heteroatoms. The van der Waals surface area contributed by atoms with Crippen molar-refractivity contribution in [3.05, 3.63) is 81.1 Å². The van der Waals surface area contributed by atoms with E-state index >= 15 is 0 Å². The molecule has 3 rings (SSSR count). The van der Waals surface area contributed by atoms with Gasteiger partial charge >= 0.3 is 85.4 Å². The van der Waals surface area contributed by atoms with Crippen LogP contribution in [0.4, 0.5) is 4.32 Å². The first-order valence-corrected chi connectivity index (χ1v) is 14.9. The van der Waals surface area contributed by atoms with Crippen molar-refractivity contribution < 1.29 is 21.4 Å². The molecule has 0 N–H and O–H groups in total. The molecule has 2 aliphatic carbocycles. The zero-order valence-electron chi connectivity index (χ0n) is 13.1. The molecule has 0 amide bonds. The van der Waals surface area contributed by atoms with Crippen molar-refractivity contribution in [3.8, 4) is 0 Å². The summed E-state index contributed by atoms with van der Waals surface area (Å²) in [6, 6.07) is 4.41. The van der Waals surface area contributed by atoms with E-state index in [0.29, 0.717) is 5.82 Å². The van der Waals surface area contributed by atoms with Gasteiger partial charge in [-0.25, -0.2) is 6.42 Å². The SMILES string of the molecule is CB(F)[C]1[C-][CH][CH][CH]1.[CH3][Sn+]([CH3])[c]1cccs1.[CH]1[CH][CH][CH][CH]1.[Fe+2]. The van der Waals surface area contributed by atoms with Crippen LogP contribution in [0, 0.1) is 63.6 Å². The Kier molecular flexibility index (Phi) is 15.0. The molecule has 22 heavy (non-hydrogen) atoms. The Labute approximate surface area is 159 Å². The number of hydrogen-bond acceptors (Lipinski definition) is 1. The Morgan fingerprint density at radius 1 is 1.09 bits per heavy atom. The monoisotopic (exact) mass is 462 g/mol. The molecular formula is C17H20BFFeSSn+2. The van der Waals surface area contributed by atoms with Crippen molar-refractivity contribution in [1.82, 2.24) is 0 Å². The molecule has 0 nitrogen and oxygen atoms in total. The predicted molar refractivity (Wildman–Crippen MR) is 95.0 cm³/mol. The van der Waals surface area contributed by atoms with Crippen LogP contribution in [-0.2, 0) is 17.1 Å². The summed E-state index contributed by atoms with van der Waals surface area (Å²) in [5, 5.41) is 2.17. The number of hydrogen-bond donors (Lipinski definition) is 0. The standard InChI is InChI=1S/C6H6BF.C5H5.C4H3S.2CH3.Fe.Sn/c1-7(8)6-4-2-3-5-6;2*1-2-4-5-3-1;;;;/h2-4H,1H3;1-5H;1-3H;2*1H3;;/q-1;;;;;+2;+1. The summed E-state index contributed by atoms with van der Waals surface area (Å²) in [5.41, 5.74) is 0. The Morgan fingerprint density at radius 2 is 1.68 bits per heavy atom. The predicted octanol–water partition coefficient (Wildman–Crippen LogP) is 4.13. The van der Waals surface area contributed by atoms with E-state index in [1.54, 1.807) is 22.2 Å². The summed E-state index contributed by atoms with van der Waals surface area (Å²) in [5.74, 6) is 0.644. The van der Waals surface area contributed by atoms with E-state index in [9.17, 15) is 4.32 Å². The van der Waals surface area contributed by atoms with E-state index in [2.05, 4.69) is 33.8 Å². The number of thiophene rings is 1. The van der Waals surface area contributed by atoms with Crippen molar-refractivity contribution in [2.45, 2.75) is 16.7 Å². The molecule has 114 valence electrons. The average Bonchev–Trinajstić information content (AvgIpc) is 3.22. The van der Waals surface area contributed by atoms with Gasteiger partial charge in [0.1, 0.15) is 0 Å². The summed E-state index contributed by atoms with van der Waals surface area (Å²) >= 11 is 0.972. The fourth-order valence-corrected chi connectivity index (χ4v) is 6.00. The molecule has 0 saturated heterocycles. The molecule has 0 aromatic carbocycles. The van der Waals surface area contributed by atoms with Crippen molar-refractivity contribution in [2.75, 3.05) is 0 Å². The van der Waals surface area contributed by atoms with Crippen LogP contribution in [0.1, 0.15) is 0 Å². The molecule has 1 aromatic rings. The Hall–Kier alpha value is 1.01. The minimum Gasteiger partial charge on any atom is -0.0312 e. The van der Waals surface area contributed by atoms with Crippen LogP contribution < -0.4 is 2.89 Å². The second kappa shape index (κ2) is 14.4. The van der Waals surface area contributed by atoms with Gasteiger partial charge in [-0.3, -0.25) is 0 Å². The van der Waals surface area contributed by atoms with Crippen molar-refractivity contribution in [2.24, 2.45) is 0 Å². The van der Waals surface area contributed by atoms with Crippen LogP contribution in [-0.4, -0.2) is 26.7 Å². The van der Waals surface area contributed by atoms with Gasteiger partial charge in [0, 0.05) is 0 Å². The van der Waals surface area contributed by atoms with Gasteiger partial charge in [0.05, 0.1) is 0 Å². The molecule has 1 aromatic heterocycles. The van der Waals surface area contributed by atoms with Gasteiger partial charge in [-0.15, -0.1) is 0 Å². The molecule has 2 aliphatic rings. The first-order valence-electron chi connectivity index (χ1n) is 6.89. The van der Waals surface area contributed by atoms with Gasteiger partial charge in [-0.1, -0.05) is 19.7 Å². The summed E-state index contributed by atoms with van der Waals surface area (Å²) in [6.07, 6.45) is 18.0. The topological polar surface area (TPSA) is 0 Å². The molecular weight excluding hydrogens is 441 g/mol. The van der Waals surface area contributed by atoms with Crippen LogP contribution in [0.15, 0.2) is 17.5 Å². The first-order chi connectivity index (χ1) is 10.1. The maximum absolute atomic E-state index is 12.2. The molecule has 0 atom stereocenters. The Morgan fingerprint density at radius 3 is 1.91 bits per heavy atom. The van der Waals surface area contributed by atoms with Crippen LogP contribution in [0.25, 0.3) is 0 Å². The molecule has 0 spiro atoms. The van der Waals surface area contributed by atoms with Gasteiger partial charge in [-0.2, -0.15) is 5.82 Å². The Balaban J connectivity index is 0.000000302. The molecule has 1 heterocycles. The quantitative estimate of drug-likeness (QED) is 0.460. The van der Waals surface area contributed by atoms with Gasteiger partial charge in [-0.05, 0) is 32.1 Å². The first kappa shape index (κ1) is 23.0. The third kappa shape index (κ3) is 10.7. The normalized spacial score (nSPS) is 16.7. The molecule has 10 radical (unpaired) electrons. The fourth-order valence-electron chi connectivity index (χ4n) is 1.48. The summed E-state index contributed by atoms with van der Waals surface area (Å²) in [6.45, 7) is 0.635. The maximum Gasteiger partial charge on any atom is 2.00 e. The van der Waals surface area contributed by atoms with E-state index in [1.165, 1.54) is 6.82 Å². The van der Waals surface area contributed by atoms with Gasteiger partial charge in [0.2, 0.25) is 0 Å². The third-order valence-corrected chi connectivity index (χ3v) is 10.3. The summed E-state index contributed by atoms with van der Waals surface area (Å²) in [7, 11) is 0. The number of rotatable bonds is 2. The van der Waals surface area contributed by atoms with Gasteiger partial charge in [0.15, 0.2) is 0 Å². The minimum atomic E-state index is -0.946. The smallest absolute Gasteiger partial charge is 0.0312 e. The summed E-state index contributed by atoms with van der Waals surface area (Å²) in [4.78, 5) is 4.82. The molecule has 0 bridgehead atoms. The largest absolute Gasteiger partial charge is 2.00 e. The van der Waals surface area contributed by atoms with Crippen LogP contribution in [0.2, 0.25) is 16.7 Å². The third-order valence-electron chi connectivity index (χ3n) is 2.62. The van der Waals surface area contributed by atoms with E-state index in [4.69, 9.17) is 0 Å². The average molecular weight is 461 g/mol. The number of halogens is 1. The maximum atomic E-state index is 12.2. The van der Waals surface area contributed by atoms with E-state index in [-0.39, 0.29) is 17.1 Å². The molecule has 0 aliphatic heterocycles. The fraction of sp³-hybridized carbons (Fsp3) is 0.176. The van der Waals surface area contributed by atoms with E-state index < -0.39 is 26.7 Å². The van der Waals surface area contributed by atoms with E-state index in [0.717, 1.165) is 0 Å². The minimum absolute atomic E-state index is 0. The zero-order valence-corrected chi connectivity index (χ0v) is 17.8. The zero-order chi connectivity index (χ0) is 15.5. The second-order valence-corrected chi connectivity index (χ2v) is 13.9. The summed E-state index contributed by atoms with van der Waals surface area (Å²) < 4.78 is 13.9. The molecule has 2 saturated carbocycles. The van der Waals surface area contributed by atoms with Gasteiger partial charge < -0.3 is 10.7 Å². The molecule has 0 unspecified atom stereocenters. The van der Waals surface area contributed by atoms with Crippen LogP contribution in [0.5, 0.6) is 0 Å². The van der Waals surface area contributed by atoms with Crippen LogP contribution in [0.3, 0.4) is 0 Å². The van der Waals surface area contributed by atoms with Crippen molar-refractivity contribution in [3.63, 3.8) is 0 Å². The Bertz CT molecular complexity index is 329. The van der Waals surface area contributed by atoms with Crippen LogP contribution >= 0.6 is 11.3 Å². The van der Waals surface area contributed by atoms with E-state index in [1.807, 2.05) is 43.4 Å².